The minimum Gasteiger partial charge on any atom is -0.394 e. The molecular formula is C10H13FN2O6. The highest BCUT2D eigenvalue weighted by molar-refractivity contribution is 5.03. The van der Waals surface area contributed by atoms with E-state index in [1.54, 1.807) is 0 Å². The molecule has 0 amide bonds. The average molecular weight is 276 g/mol. The second kappa shape index (κ2) is 4.85. The van der Waals surface area contributed by atoms with E-state index in [0.717, 1.165) is 16.8 Å². The molecular weight excluding hydrogens is 263 g/mol. The van der Waals surface area contributed by atoms with Crippen LogP contribution < -0.4 is 11.2 Å². The van der Waals surface area contributed by atoms with Gasteiger partial charge in [-0.05, 0) is 0 Å². The Labute approximate surface area is 105 Å². The van der Waals surface area contributed by atoms with E-state index >= 15 is 0 Å². The van der Waals surface area contributed by atoms with E-state index in [2.05, 4.69) is 0 Å². The van der Waals surface area contributed by atoms with Gasteiger partial charge in [-0.25, -0.2) is 9.18 Å². The number of H-pyrrole nitrogens is 1. The van der Waals surface area contributed by atoms with Crippen LogP contribution in [0.4, 0.5) is 4.39 Å². The van der Waals surface area contributed by atoms with Crippen LogP contribution in [0.1, 0.15) is 6.23 Å². The number of aliphatic hydroxyl groups is 3. The summed E-state index contributed by atoms with van der Waals surface area (Å²) >= 11 is 0. The number of rotatable bonds is 3. The molecule has 0 unspecified atom stereocenters. The van der Waals surface area contributed by atoms with Crippen LogP contribution in [-0.4, -0.2) is 56.0 Å². The van der Waals surface area contributed by atoms with Crippen molar-refractivity contribution < 1.29 is 24.4 Å². The summed E-state index contributed by atoms with van der Waals surface area (Å²) in [5, 5.41) is 27.8. The van der Waals surface area contributed by atoms with Gasteiger partial charge in [-0.2, -0.15) is 0 Å². The zero-order chi connectivity index (χ0) is 14.2. The number of ether oxygens (including phenoxy) is 1. The fourth-order valence-corrected chi connectivity index (χ4v) is 2.02. The van der Waals surface area contributed by atoms with Gasteiger partial charge in [0.15, 0.2) is 11.9 Å². The first-order valence-electron chi connectivity index (χ1n) is 5.49. The summed E-state index contributed by atoms with van der Waals surface area (Å²) in [5.41, 5.74) is -4.13. The van der Waals surface area contributed by atoms with Crippen LogP contribution in [0.15, 0.2) is 21.9 Å². The molecule has 0 aromatic carbocycles. The van der Waals surface area contributed by atoms with Gasteiger partial charge >= 0.3 is 5.69 Å². The Balaban J connectivity index is 2.42. The summed E-state index contributed by atoms with van der Waals surface area (Å²) in [6.07, 6.45) is -3.75. The highest BCUT2D eigenvalue weighted by atomic mass is 19.1. The Kier molecular flexibility index (Phi) is 3.54. The molecule has 0 bridgehead atoms. The quantitative estimate of drug-likeness (QED) is 0.483. The fourth-order valence-electron chi connectivity index (χ4n) is 2.02. The summed E-state index contributed by atoms with van der Waals surface area (Å²) in [6.45, 7) is -1.85. The van der Waals surface area contributed by atoms with Gasteiger partial charge in [-0.1, -0.05) is 0 Å². The highest BCUT2D eigenvalue weighted by Crippen LogP contribution is 2.38. The van der Waals surface area contributed by atoms with Crippen molar-refractivity contribution in [1.29, 1.82) is 0 Å². The maximum Gasteiger partial charge on any atom is 0.330 e. The van der Waals surface area contributed by atoms with Gasteiger partial charge in [0.2, 0.25) is 0 Å². The molecule has 19 heavy (non-hydrogen) atoms. The predicted molar refractivity (Wildman–Crippen MR) is 59.3 cm³/mol. The lowest BCUT2D eigenvalue weighted by Crippen LogP contribution is -2.48. The summed E-state index contributed by atoms with van der Waals surface area (Å²) < 4.78 is 20.1. The highest BCUT2D eigenvalue weighted by Gasteiger charge is 2.57. The van der Waals surface area contributed by atoms with E-state index < -0.39 is 48.6 Å². The molecule has 1 aromatic rings. The zero-order valence-corrected chi connectivity index (χ0v) is 9.69. The lowest BCUT2D eigenvalue weighted by Gasteiger charge is -2.24. The number of aliphatic hydroxyl groups excluding tert-OH is 3. The van der Waals surface area contributed by atoms with Crippen LogP contribution in [0, 0.1) is 0 Å². The second-order valence-electron chi connectivity index (χ2n) is 4.24. The number of alkyl halides is 1. The van der Waals surface area contributed by atoms with Gasteiger partial charge in [0.05, 0.1) is 13.2 Å². The van der Waals surface area contributed by atoms with Crippen LogP contribution >= 0.6 is 0 Å². The lowest BCUT2D eigenvalue weighted by molar-refractivity contribution is -0.0688. The van der Waals surface area contributed by atoms with Crippen molar-refractivity contribution in [2.24, 2.45) is 0 Å². The second-order valence-corrected chi connectivity index (χ2v) is 4.24. The van der Waals surface area contributed by atoms with Gasteiger partial charge < -0.3 is 20.1 Å². The van der Waals surface area contributed by atoms with Crippen molar-refractivity contribution >= 4 is 0 Å². The topological polar surface area (TPSA) is 125 Å². The third-order valence-electron chi connectivity index (χ3n) is 3.13. The van der Waals surface area contributed by atoms with Crippen molar-refractivity contribution in [3.05, 3.63) is 33.1 Å². The maximum absolute atomic E-state index is 14.3. The van der Waals surface area contributed by atoms with Gasteiger partial charge in [-0.15, -0.1) is 0 Å². The van der Waals surface area contributed by atoms with Crippen molar-refractivity contribution in [2.45, 2.75) is 24.1 Å². The molecule has 1 saturated heterocycles. The first-order valence-corrected chi connectivity index (χ1v) is 5.49. The molecule has 9 heteroatoms. The molecule has 1 aliphatic rings. The molecule has 1 fully saturated rings. The van der Waals surface area contributed by atoms with Crippen LogP contribution in [0.25, 0.3) is 0 Å². The Morgan fingerprint density at radius 3 is 2.63 bits per heavy atom. The van der Waals surface area contributed by atoms with Crippen LogP contribution in [0.5, 0.6) is 0 Å². The SMILES string of the molecule is O=c1ccn([C@@H]2O[C@H](CO)[C@@](F)(CO)[C@H]2O)c(=O)[nH]1. The number of hydrogen-bond acceptors (Lipinski definition) is 6. The third kappa shape index (κ3) is 2.10. The molecule has 1 aliphatic heterocycles. The molecule has 2 rings (SSSR count). The summed E-state index contributed by atoms with van der Waals surface area (Å²) in [4.78, 5) is 24.4. The smallest absolute Gasteiger partial charge is 0.330 e. The maximum atomic E-state index is 14.3. The van der Waals surface area contributed by atoms with Crippen LogP contribution in [0.3, 0.4) is 0 Å². The largest absolute Gasteiger partial charge is 0.394 e. The van der Waals surface area contributed by atoms with Crippen molar-refractivity contribution in [1.82, 2.24) is 9.55 Å². The van der Waals surface area contributed by atoms with E-state index in [-0.39, 0.29) is 0 Å². The minimum atomic E-state index is -2.59. The van der Waals surface area contributed by atoms with E-state index in [4.69, 9.17) is 14.9 Å². The minimum absolute atomic E-state index is 0.652. The van der Waals surface area contributed by atoms with Gasteiger partial charge in [0, 0.05) is 12.3 Å². The number of nitrogens with zero attached hydrogens (tertiary/aromatic N) is 1. The van der Waals surface area contributed by atoms with Crippen molar-refractivity contribution in [2.75, 3.05) is 13.2 Å². The van der Waals surface area contributed by atoms with E-state index in [1.807, 2.05) is 4.98 Å². The molecule has 8 nitrogen and oxygen atoms in total. The molecule has 4 N–H and O–H groups in total. The predicted octanol–water partition coefficient (Wildman–Crippen LogP) is -2.51. The molecule has 0 aliphatic carbocycles. The van der Waals surface area contributed by atoms with E-state index in [9.17, 15) is 19.1 Å². The first-order chi connectivity index (χ1) is 8.93. The average Bonchev–Trinajstić information content (AvgIpc) is 2.63. The summed E-state index contributed by atoms with van der Waals surface area (Å²) in [6, 6.07) is 1.00. The zero-order valence-electron chi connectivity index (χ0n) is 9.69. The summed E-state index contributed by atoms with van der Waals surface area (Å²) in [7, 11) is 0. The van der Waals surface area contributed by atoms with Gasteiger partial charge in [0.25, 0.3) is 5.56 Å². The molecule has 1 aromatic heterocycles. The molecule has 4 atom stereocenters. The Bertz CT molecular complexity index is 572. The Morgan fingerprint density at radius 2 is 2.16 bits per heavy atom. The van der Waals surface area contributed by atoms with Crippen molar-refractivity contribution in [3.63, 3.8) is 0 Å². The fraction of sp³-hybridized carbons (Fsp3) is 0.600. The standard InChI is InChI=1S/C10H13FN2O6/c11-10(4-15)5(3-14)19-8(7(10)17)13-2-1-6(16)12-9(13)18/h1-2,5,7-8,14-15,17H,3-4H2,(H,12,16,18)/t5-,7+,8-,10+/m1/s1. The van der Waals surface area contributed by atoms with Gasteiger partial charge in [0.1, 0.15) is 12.2 Å². The molecule has 0 spiro atoms. The number of aromatic nitrogens is 2. The molecule has 0 radical (unpaired) electrons. The van der Waals surface area contributed by atoms with Crippen molar-refractivity contribution in [3.8, 4) is 0 Å². The Hall–Kier alpha value is -1.55. The monoisotopic (exact) mass is 276 g/mol. The number of nitrogens with one attached hydrogen (secondary N) is 1. The molecule has 106 valence electrons. The normalized spacial score (nSPS) is 34.6. The van der Waals surface area contributed by atoms with E-state index in [1.165, 1.54) is 0 Å². The van der Waals surface area contributed by atoms with E-state index in [0.29, 0.717) is 0 Å². The first kappa shape index (κ1) is 13.9. The lowest BCUT2D eigenvalue weighted by atomic mass is 9.95. The number of halogens is 1. The van der Waals surface area contributed by atoms with Crippen LogP contribution in [0.2, 0.25) is 0 Å². The number of aromatic amines is 1. The number of hydrogen-bond donors (Lipinski definition) is 4. The summed E-state index contributed by atoms with van der Waals surface area (Å²) in [5.74, 6) is 0. The van der Waals surface area contributed by atoms with Gasteiger partial charge in [-0.3, -0.25) is 14.3 Å². The molecule has 2 heterocycles. The third-order valence-corrected chi connectivity index (χ3v) is 3.13. The Morgan fingerprint density at radius 1 is 1.47 bits per heavy atom. The van der Waals surface area contributed by atoms with Crippen LogP contribution in [-0.2, 0) is 4.74 Å². The molecule has 0 saturated carbocycles.